The van der Waals surface area contributed by atoms with Crippen molar-refractivity contribution in [2.45, 2.75) is 44.9 Å². The Morgan fingerprint density at radius 2 is 1.50 bits per heavy atom. The summed E-state index contributed by atoms with van der Waals surface area (Å²) in [6.45, 7) is 5.39. The quantitative estimate of drug-likeness (QED) is 0.685. The standard InChI is InChI=1S/C8H15F3N2O/c1-6(2,3)13-5(14)7(4,12)8(9,10)11/h12H2,1-4H3,(H,13,14). The maximum Gasteiger partial charge on any atom is 0.415 e. The van der Waals surface area contributed by atoms with E-state index in [2.05, 4.69) is 5.32 Å². The first-order valence-corrected chi connectivity index (χ1v) is 4.06. The zero-order valence-electron chi connectivity index (χ0n) is 8.62. The second-order valence-electron chi connectivity index (χ2n) is 4.40. The van der Waals surface area contributed by atoms with Gasteiger partial charge in [0.05, 0.1) is 0 Å². The molecule has 0 radical (unpaired) electrons. The predicted octanol–water partition coefficient (Wildman–Crippen LogP) is 1.18. The highest BCUT2D eigenvalue weighted by molar-refractivity contribution is 5.87. The van der Waals surface area contributed by atoms with Crippen molar-refractivity contribution in [3.05, 3.63) is 0 Å². The Bertz CT molecular complexity index is 228. The molecule has 0 bridgehead atoms. The van der Waals surface area contributed by atoms with E-state index in [0.29, 0.717) is 6.92 Å². The van der Waals surface area contributed by atoms with Crippen molar-refractivity contribution in [3.8, 4) is 0 Å². The van der Waals surface area contributed by atoms with Gasteiger partial charge < -0.3 is 11.1 Å². The molecule has 0 aromatic rings. The number of rotatable bonds is 1. The molecule has 0 spiro atoms. The first-order valence-electron chi connectivity index (χ1n) is 4.06. The van der Waals surface area contributed by atoms with Crippen LogP contribution in [0.1, 0.15) is 27.7 Å². The summed E-state index contributed by atoms with van der Waals surface area (Å²) in [4.78, 5) is 11.2. The lowest BCUT2D eigenvalue weighted by atomic mass is 9.99. The minimum absolute atomic E-state index is 0.647. The van der Waals surface area contributed by atoms with E-state index in [1.807, 2.05) is 0 Å². The number of nitrogens with one attached hydrogen (secondary N) is 1. The minimum atomic E-state index is -4.75. The molecule has 0 aromatic heterocycles. The Morgan fingerprint density at radius 3 is 1.71 bits per heavy atom. The maximum atomic E-state index is 12.3. The van der Waals surface area contributed by atoms with Crippen LogP contribution in [0.3, 0.4) is 0 Å². The molecule has 0 rings (SSSR count). The molecular formula is C8H15F3N2O. The van der Waals surface area contributed by atoms with Gasteiger partial charge in [0.1, 0.15) is 0 Å². The fourth-order valence-corrected chi connectivity index (χ4v) is 0.599. The molecule has 0 saturated heterocycles. The van der Waals surface area contributed by atoms with E-state index in [-0.39, 0.29) is 0 Å². The molecule has 1 unspecified atom stereocenters. The molecule has 0 aliphatic carbocycles. The van der Waals surface area contributed by atoms with Gasteiger partial charge in [0.2, 0.25) is 5.91 Å². The molecule has 6 heteroatoms. The molecule has 0 aliphatic heterocycles. The van der Waals surface area contributed by atoms with Crippen LogP contribution in [0.25, 0.3) is 0 Å². The fraction of sp³-hybridized carbons (Fsp3) is 0.875. The van der Waals surface area contributed by atoms with Crippen molar-refractivity contribution in [1.29, 1.82) is 0 Å². The zero-order chi connectivity index (χ0) is 11.8. The first kappa shape index (κ1) is 13.2. The van der Waals surface area contributed by atoms with Crippen molar-refractivity contribution in [2.75, 3.05) is 0 Å². The summed E-state index contributed by atoms with van der Waals surface area (Å²) in [5.74, 6) is -1.22. The summed E-state index contributed by atoms with van der Waals surface area (Å²) in [6, 6.07) is 0. The van der Waals surface area contributed by atoms with E-state index in [0.717, 1.165) is 0 Å². The van der Waals surface area contributed by atoms with Gasteiger partial charge in [0.25, 0.3) is 0 Å². The second-order valence-corrected chi connectivity index (χ2v) is 4.40. The van der Waals surface area contributed by atoms with Crippen molar-refractivity contribution in [1.82, 2.24) is 5.32 Å². The highest BCUT2D eigenvalue weighted by Crippen LogP contribution is 2.28. The predicted molar refractivity (Wildman–Crippen MR) is 46.5 cm³/mol. The largest absolute Gasteiger partial charge is 0.415 e. The van der Waals surface area contributed by atoms with Gasteiger partial charge >= 0.3 is 6.18 Å². The third-order valence-corrected chi connectivity index (χ3v) is 1.55. The normalized spacial score (nSPS) is 17.4. The van der Waals surface area contributed by atoms with Gasteiger partial charge in [-0.15, -0.1) is 0 Å². The number of hydrogen-bond acceptors (Lipinski definition) is 2. The monoisotopic (exact) mass is 212 g/mol. The Labute approximate surface area is 80.8 Å². The van der Waals surface area contributed by atoms with Gasteiger partial charge in [-0.05, 0) is 27.7 Å². The van der Waals surface area contributed by atoms with Crippen molar-refractivity contribution in [2.24, 2.45) is 5.73 Å². The smallest absolute Gasteiger partial charge is 0.350 e. The van der Waals surface area contributed by atoms with E-state index in [4.69, 9.17) is 5.73 Å². The lowest BCUT2D eigenvalue weighted by Gasteiger charge is -2.30. The number of alkyl halides is 3. The third-order valence-electron chi connectivity index (χ3n) is 1.55. The molecule has 0 aromatic carbocycles. The van der Waals surface area contributed by atoms with E-state index in [9.17, 15) is 18.0 Å². The van der Waals surface area contributed by atoms with Crippen molar-refractivity contribution in [3.63, 3.8) is 0 Å². The average Bonchev–Trinajstić information content (AvgIpc) is 1.80. The number of halogens is 3. The fourth-order valence-electron chi connectivity index (χ4n) is 0.599. The summed E-state index contributed by atoms with van der Waals surface area (Å²) in [7, 11) is 0. The molecule has 84 valence electrons. The van der Waals surface area contributed by atoms with E-state index < -0.39 is 23.2 Å². The molecule has 1 atom stereocenters. The summed E-state index contributed by atoms with van der Waals surface area (Å²) in [6.07, 6.45) is -4.75. The number of amides is 1. The number of carbonyl (C=O) groups is 1. The van der Waals surface area contributed by atoms with Crippen LogP contribution in [-0.4, -0.2) is 23.2 Å². The first-order chi connectivity index (χ1) is 5.88. The Balaban J connectivity index is 4.70. The molecule has 0 fully saturated rings. The van der Waals surface area contributed by atoms with Crippen molar-refractivity contribution < 1.29 is 18.0 Å². The van der Waals surface area contributed by atoms with Gasteiger partial charge in [0, 0.05) is 5.54 Å². The Morgan fingerprint density at radius 1 is 1.14 bits per heavy atom. The summed E-state index contributed by atoms with van der Waals surface area (Å²) >= 11 is 0. The minimum Gasteiger partial charge on any atom is -0.350 e. The molecule has 3 nitrogen and oxygen atoms in total. The second kappa shape index (κ2) is 3.42. The van der Waals surface area contributed by atoms with Gasteiger partial charge in [0.15, 0.2) is 5.54 Å². The third kappa shape index (κ3) is 3.17. The summed E-state index contributed by atoms with van der Waals surface area (Å²) < 4.78 is 36.8. The van der Waals surface area contributed by atoms with Crippen LogP contribution >= 0.6 is 0 Å². The van der Waals surface area contributed by atoms with Crippen LogP contribution in [0.5, 0.6) is 0 Å². The maximum absolute atomic E-state index is 12.3. The van der Waals surface area contributed by atoms with Crippen LogP contribution in [0, 0.1) is 0 Å². The highest BCUT2D eigenvalue weighted by Gasteiger charge is 2.54. The zero-order valence-corrected chi connectivity index (χ0v) is 8.62. The molecule has 1 amide bonds. The molecule has 0 saturated carbocycles. The van der Waals surface area contributed by atoms with Crippen LogP contribution in [0.15, 0.2) is 0 Å². The lowest BCUT2D eigenvalue weighted by molar-refractivity contribution is -0.188. The summed E-state index contributed by atoms with van der Waals surface area (Å²) in [5, 5.41) is 2.18. The van der Waals surface area contributed by atoms with E-state index in [1.165, 1.54) is 0 Å². The van der Waals surface area contributed by atoms with Crippen molar-refractivity contribution >= 4 is 5.91 Å². The van der Waals surface area contributed by atoms with Crippen LogP contribution in [0.4, 0.5) is 13.2 Å². The SMILES string of the molecule is CC(C)(C)NC(=O)C(C)(N)C(F)(F)F. The molecule has 3 N–H and O–H groups in total. The average molecular weight is 212 g/mol. The topological polar surface area (TPSA) is 55.1 Å². The number of hydrogen-bond donors (Lipinski definition) is 2. The van der Waals surface area contributed by atoms with Gasteiger partial charge in [-0.2, -0.15) is 13.2 Å². The van der Waals surface area contributed by atoms with Gasteiger partial charge in [-0.3, -0.25) is 4.79 Å². The van der Waals surface area contributed by atoms with Crippen LogP contribution in [-0.2, 0) is 4.79 Å². The lowest BCUT2D eigenvalue weighted by Crippen LogP contribution is -2.63. The molecule has 14 heavy (non-hydrogen) atoms. The van der Waals surface area contributed by atoms with E-state index >= 15 is 0 Å². The van der Waals surface area contributed by atoms with Gasteiger partial charge in [-0.1, -0.05) is 0 Å². The van der Waals surface area contributed by atoms with E-state index in [1.54, 1.807) is 20.8 Å². The number of nitrogens with two attached hydrogens (primary N) is 1. The molecule has 0 heterocycles. The Hall–Kier alpha value is -0.780. The molecule has 0 aliphatic rings. The Kier molecular flexibility index (Phi) is 3.23. The molecular weight excluding hydrogens is 197 g/mol. The van der Waals surface area contributed by atoms with Crippen LogP contribution < -0.4 is 11.1 Å². The van der Waals surface area contributed by atoms with Gasteiger partial charge in [-0.25, -0.2) is 0 Å². The highest BCUT2D eigenvalue weighted by atomic mass is 19.4. The number of carbonyl (C=O) groups excluding carboxylic acids is 1. The summed E-state index contributed by atoms with van der Waals surface area (Å²) in [5.41, 5.74) is 1.33. The van der Waals surface area contributed by atoms with Crippen LogP contribution in [0.2, 0.25) is 0 Å².